The van der Waals surface area contributed by atoms with Gasteiger partial charge in [-0.3, -0.25) is 4.79 Å². The van der Waals surface area contributed by atoms with Crippen LogP contribution in [-0.4, -0.2) is 11.9 Å². The summed E-state index contributed by atoms with van der Waals surface area (Å²) in [4.78, 5) is 11.7. The third kappa shape index (κ3) is 3.86. The van der Waals surface area contributed by atoms with Gasteiger partial charge in [-0.25, -0.2) is 0 Å². The zero-order valence-electron chi connectivity index (χ0n) is 10.9. The largest absolute Gasteiger partial charge is 0.348 e. The first kappa shape index (κ1) is 13.7. The molecule has 0 radical (unpaired) electrons. The van der Waals surface area contributed by atoms with E-state index in [-0.39, 0.29) is 11.9 Å². The summed E-state index contributed by atoms with van der Waals surface area (Å²) in [5, 5.41) is 2.99. The van der Waals surface area contributed by atoms with E-state index in [2.05, 4.69) is 43.4 Å². The second-order valence-corrected chi connectivity index (χ2v) is 4.39. The molecule has 0 heterocycles. The van der Waals surface area contributed by atoms with E-state index in [1.54, 1.807) is 0 Å². The average Bonchev–Trinajstić information content (AvgIpc) is 2.35. The summed E-state index contributed by atoms with van der Waals surface area (Å²) in [6.07, 6.45) is 1.53. The van der Waals surface area contributed by atoms with Gasteiger partial charge in [0.1, 0.15) is 0 Å². The van der Waals surface area contributed by atoms with Gasteiger partial charge in [-0.2, -0.15) is 0 Å². The number of nitrogens with two attached hydrogens (primary N) is 1. The highest BCUT2D eigenvalue weighted by Crippen LogP contribution is 2.17. The van der Waals surface area contributed by atoms with Gasteiger partial charge in [0.25, 0.3) is 0 Å². The van der Waals surface area contributed by atoms with Gasteiger partial charge in [0.15, 0.2) is 0 Å². The maximum Gasteiger partial charge on any atom is 0.237 e. The Morgan fingerprint density at radius 3 is 2.29 bits per heavy atom. The minimum atomic E-state index is -0.408. The monoisotopic (exact) mass is 234 g/mol. The van der Waals surface area contributed by atoms with Crippen LogP contribution in [-0.2, 0) is 4.79 Å². The Balaban J connectivity index is 2.72. The minimum absolute atomic E-state index is 0.0562. The van der Waals surface area contributed by atoms with Crippen molar-refractivity contribution in [1.82, 2.24) is 5.32 Å². The summed E-state index contributed by atoms with van der Waals surface area (Å²) in [7, 11) is 0. The van der Waals surface area contributed by atoms with Gasteiger partial charge in [0, 0.05) is 0 Å². The Labute approximate surface area is 103 Å². The van der Waals surface area contributed by atoms with Crippen molar-refractivity contribution in [3.63, 3.8) is 0 Å². The first-order chi connectivity index (χ1) is 8.08. The van der Waals surface area contributed by atoms with Crippen LogP contribution in [0.2, 0.25) is 0 Å². The predicted octanol–water partition coefficient (Wildman–Crippen LogP) is 2.30. The molecule has 1 unspecified atom stereocenters. The second kappa shape index (κ2) is 6.40. The molecule has 0 bridgehead atoms. The van der Waals surface area contributed by atoms with Crippen LogP contribution in [0.5, 0.6) is 0 Å². The van der Waals surface area contributed by atoms with Crippen molar-refractivity contribution >= 4 is 5.91 Å². The Kier molecular flexibility index (Phi) is 5.16. The fourth-order valence-electron chi connectivity index (χ4n) is 1.68. The number of aryl methyl sites for hydroxylation is 1. The van der Waals surface area contributed by atoms with Gasteiger partial charge >= 0.3 is 0 Å². The average molecular weight is 234 g/mol. The van der Waals surface area contributed by atoms with E-state index in [1.807, 2.05) is 6.92 Å². The topological polar surface area (TPSA) is 55.1 Å². The van der Waals surface area contributed by atoms with E-state index in [4.69, 9.17) is 5.73 Å². The molecule has 1 rings (SSSR count). The van der Waals surface area contributed by atoms with Gasteiger partial charge in [-0.15, -0.1) is 0 Å². The Morgan fingerprint density at radius 2 is 1.82 bits per heavy atom. The molecule has 1 amide bonds. The summed E-state index contributed by atoms with van der Waals surface area (Å²) >= 11 is 0. The number of hydrogen-bond donors (Lipinski definition) is 2. The number of amides is 1. The third-order valence-electron chi connectivity index (χ3n) is 2.98. The van der Waals surface area contributed by atoms with Crippen molar-refractivity contribution in [2.75, 3.05) is 0 Å². The van der Waals surface area contributed by atoms with E-state index < -0.39 is 6.04 Å². The van der Waals surface area contributed by atoms with Crippen LogP contribution in [0.4, 0.5) is 0 Å². The predicted molar refractivity (Wildman–Crippen MR) is 70.6 cm³/mol. The van der Waals surface area contributed by atoms with Crippen LogP contribution in [0.25, 0.3) is 0 Å². The number of hydrogen-bond acceptors (Lipinski definition) is 2. The zero-order chi connectivity index (χ0) is 12.8. The smallest absolute Gasteiger partial charge is 0.237 e. The van der Waals surface area contributed by atoms with Crippen molar-refractivity contribution in [2.45, 2.75) is 45.7 Å². The fraction of sp³-hybridized carbons (Fsp3) is 0.500. The molecule has 0 aliphatic heterocycles. The van der Waals surface area contributed by atoms with Gasteiger partial charge in [0.05, 0.1) is 12.1 Å². The van der Waals surface area contributed by atoms with Crippen molar-refractivity contribution in [1.29, 1.82) is 0 Å². The molecule has 3 N–H and O–H groups in total. The lowest BCUT2D eigenvalue weighted by molar-refractivity contribution is -0.123. The van der Waals surface area contributed by atoms with Crippen LogP contribution in [0.3, 0.4) is 0 Å². The molecule has 3 nitrogen and oxygen atoms in total. The fourth-order valence-corrected chi connectivity index (χ4v) is 1.68. The van der Waals surface area contributed by atoms with Crippen LogP contribution in [0.15, 0.2) is 24.3 Å². The SMILES string of the molecule is CCC(NC(=O)[C@H](N)CC)c1ccc(C)cc1. The first-order valence-corrected chi connectivity index (χ1v) is 6.21. The number of nitrogens with one attached hydrogen (secondary N) is 1. The number of carbonyl (C=O) groups excluding carboxylic acids is 1. The third-order valence-corrected chi connectivity index (χ3v) is 2.98. The number of carbonyl (C=O) groups is 1. The molecular formula is C14H22N2O. The molecule has 0 aliphatic rings. The number of benzene rings is 1. The van der Waals surface area contributed by atoms with Gasteiger partial charge in [0.2, 0.25) is 5.91 Å². The highest BCUT2D eigenvalue weighted by atomic mass is 16.2. The summed E-state index contributed by atoms with van der Waals surface area (Å²) in [6, 6.07) is 7.88. The van der Waals surface area contributed by atoms with Gasteiger partial charge in [-0.1, -0.05) is 43.7 Å². The molecule has 2 atom stereocenters. The van der Waals surface area contributed by atoms with Crippen molar-refractivity contribution < 1.29 is 4.79 Å². The molecule has 1 aromatic carbocycles. The van der Waals surface area contributed by atoms with Crippen molar-refractivity contribution in [3.8, 4) is 0 Å². The van der Waals surface area contributed by atoms with E-state index >= 15 is 0 Å². The van der Waals surface area contributed by atoms with Crippen LogP contribution < -0.4 is 11.1 Å². The molecule has 94 valence electrons. The molecule has 0 saturated carbocycles. The Bertz CT molecular complexity index is 359. The molecular weight excluding hydrogens is 212 g/mol. The van der Waals surface area contributed by atoms with Crippen molar-refractivity contribution in [3.05, 3.63) is 35.4 Å². The molecule has 0 saturated heterocycles. The molecule has 0 spiro atoms. The van der Waals surface area contributed by atoms with E-state index in [9.17, 15) is 4.79 Å². The summed E-state index contributed by atoms with van der Waals surface area (Å²) in [5.74, 6) is -0.0695. The maximum absolute atomic E-state index is 11.7. The lowest BCUT2D eigenvalue weighted by atomic mass is 10.0. The van der Waals surface area contributed by atoms with E-state index in [0.29, 0.717) is 6.42 Å². The first-order valence-electron chi connectivity index (χ1n) is 6.21. The molecule has 17 heavy (non-hydrogen) atoms. The molecule has 3 heteroatoms. The van der Waals surface area contributed by atoms with Crippen LogP contribution in [0.1, 0.15) is 43.9 Å². The lowest BCUT2D eigenvalue weighted by Gasteiger charge is -2.19. The van der Waals surface area contributed by atoms with Crippen LogP contribution >= 0.6 is 0 Å². The summed E-state index contributed by atoms with van der Waals surface area (Å²) < 4.78 is 0. The van der Waals surface area contributed by atoms with Crippen molar-refractivity contribution in [2.24, 2.45) is 5.73 Å². The molecule has 0 fully saturated rings. The quantitative estimate of drug-likeness (QED) is 0.821. The number of rotatable bonds is 5. The summed E-state index contributed by atoms with van der Waals surface area (Å²) in [6.45, 7) is 6.02. The second-order valence-electron chi connectivity index (χ2n) is 4.39. The lowest BCUT2D eigenvalue weighted by Crippen LogP contribution is -2.41. The summed E-state index contributed by atoms with van der Waals surface area (Å²) in [5.41, 5.74) is 8.07. The highest BCUT2D eigenvalue weighted by molar-refractivity contribution is 5.81. The van der Waals surface area contributed by atoms with Gasteiger partial charge < -0.3 is 11.1 Å². The van der Waals surface area contributed by atoms with E-state index in [1.165, 1.54) is 5.56 Å². The Morgan fingerprint density at radius 1 is 1.24 bits per heavy atom. The normalized spacial score (nSPS) is 14.1. The van der Waals surface area contributed by atoms with E-state index in [0.717, 1.165) is 12.0 Å². The van der Waals surface area contributed by atoms with Gasteiger partial charge in [-0.05, 0) is 25.3 Å². The minimum Gasteiger partial charge on any atom is -0.348 e. The molecule has 0 aromatic heterocycles. The molecule has 0 aliphatic carbocycles. The Hall–Kier alpha value is -1.35. The molecule has 1 aromatic rings. The maximum atomic E-state index is 11.7. The highest BCUT2D eigenvalue weighted by Gasteiger charge is 2.16. The van der Waals surface area contributed by atoms with Crippen LogP contribution in [0, 0.1) is 6.92 Å². The standard InChI is InChI=1S/C14H22N2O/c1-4-12(15)14(17)16-13(5-2)11-8-6-10(3)7-9-11/h6-9,12-13H,4-5,15H2,1-3H3,(H,16,17)/t12-,13?/m1/s1. The zero-order valence-corrected chi connectivity index (χ0v) is 10.9.